The molecular weight excluding hydrogens is 773 g/mol. The Bertz CT molecular complexity index is 1830. The summed E-state index contributed by atoms with van der Waals surface area (Å²) in [6.45, 7) is 5.60. The molecule has 306 valence electrons. The minimum atomic E-state index is -0.221. The third-order valence-corrected chi connectivity index (χ3v) is 9.66. The third-order valence-electron chi connectivity index (χ3n) is 9.66. The minimum Gasteiger partial charge on any atom is -0.857 e. The number of hydrogen-bond acceptors (Lipinski definition) is 7. The van der Waals surface area contributed by atoms with Crippen molar-refractivity contribution in [2.24, 2.45) is 5.28 Å². The molecule has 4 N–H and O–H groups in total. The first-order chi connectivity index (χ1) is 28.5. The Morgan fingerprint density at radius 1 is 0.550 bits per heavy atom. The molecule has 2 atom stereocenters. The Morgan fingerprint density at radius 2 is 0.833 bits per heavy atom. The number of nitrogens with zero attached hydrogens (tertiary/aromatic N) is 3. The third kappa shape index (κ3) is 19.0. The van der Waals surface area contributed by atoms with Crippen LogP contribution in [0.1, 0.15) is 84.0 Å². The Hall–Kier alpha value is -4.20. The molecule has 6 rings (SSSR count). The first kappa shape index (κ1) is 55.8. The van der Waals surface area contributed by atoms with Crippen LogP contribution in [0, 0.1) is 15.7 Å². The molecule has 0 spiro atoms. The molecular formula is C48H58N5Na2O5+. The number of nitroso groups, excluding NO2 is 1. The van der Waals surface area contributed by atoms with E-state index in [4.69, 9.17) is 20.3 Å². The predicted molar refractivity (Wildman–Crippen MR) is 231 cm³/mol. The smallest absolute Gasteiger partial charge is 0.857 e. The second-order valence-corrected chi connectivity index (χ2v) is 13.0. The molecule has 0 aliphatic carbocycles. The van der Waals surface area contributed by atoms with Gasteiger partial charge in [-0.1, -0.05) is 188 Å². The van der Waals surface area contributed by atoms with Crippen molar-refractivity contribution >= 4 is 0 Å². The fraction of sp³-hybridized carbons (Fsp3) is 0.250. The van der Waals surface area contributed by atoms with Gasteiger partial charge in [-0.05, 0) is 66.6 Å². The second-order valence-electron chi connectivity index (χ2n) is 13.0. The van der Waals surface area contributed by atoms with Gasteiger partial charge in [0.2, 0.25) is 5.28 Å². The largest absolute Gasteiger partial charge is 1.00 e. The van der Waals surface area contributed by atoms with Gasteiger partial charge in [0.1, 0.15) is 6.04 Å². The van der Waals surface area contributed by atoms with Crippen molar-refractivity contribution in [3.8, 4) is 0 Å². The summed E-state index contributed by atoms with van der Waals surface area (Å²) in [4.78, 5) is 7.78. The molecule has 0 fully saturated rings. The minimum absolute atomic E-state index is 0. The summed E-state index contributed by atoms with van der Waals surface area (Å²) in [6.07, 6.45) is 1.80. The Balaban J connectivity index is 0.00000101. The molecule has 10 nitrogen and oxygen atoms in total. The molecule has 0 radical (unpaired) electrons. The average molecular weight is 831 g/mol. The van der Waals surface area contributed by atoms with Gasteiger partial charge in [0.15, 0.2) is 0 Å². The molecule has 0 aromatic heterocycles. The molecule has 0 saturated carbocycles. The van der Waals surface area contributed by atoms with Crippen molar-refractivity contribution in [3.63, 3.8) is 0 Å². The SMILES string of the molecule is CC(NCCC(c1ccccc1)c1ccccc1)c1ccccc1.CC(c1ccccc1)N(CCC(c1ccccc1)c1ccccc1)[N+]([O-])=NO.CO.C[O-].N=O.[Na+].[Na+]. The molecule has 2 unspecified atom stereocenters. The van der Waals surface area contributed by atoms with Gasteiger partial charge in [0.05, 0.1) is 11.5 Å². The van der Waals surface area contributed by atoms with Crippen LogP contribution in [0.3, 0.4) is 0 Å². The summed E-state index contributed by atoms with van der Waals surface area (Å²) in [7, 11) is 1.75. The first-order valence-corrected chi connectivity index (χ1v) is 19.2. The van der Waals surface area contributed by atoms with Gasteiger partial charge in [0.25, 0.3) is 0 Å². The van der Waals surface area contributed by atoms with Crippen LogP contribution in [0.4, 0.5) is 0 Å². The van der Waals surface area contributed by atoms with Crippen LogP contribution in [0.25, 0.3) is 0 Å². The van der Waals surface area contributed by atoms with E-state index < -0.39 is 0 Å². The normalized spacial score (nSPS) is 11.1. The van der Waals surface area contributed by atoms with Crippen LogP contribution in [0.15, 0.2) is 187 Å². The van der Waals surface area contributed by atoms with Crippen molar-refractivity contribution in [2.75, 3.05) is 27.3 Å². The van der Waals surface area contributed by atoms with Gasteiger partial charge < -0.3 is 25.9 Å². The molecule has 0 aliphatic rings. The summed E-state index contributed by atoms with van der Waals surface area (Å²) >= 11 is 0. The van der Waals surface area contributed by atoms with Crippen molar-refractivity contribution < 1.29 is 79.5 Å². The van der Waals surface area contributed by atoms with Gasteiger partial charge in [-0.25, -0.2) is 0 Å². The van der Waals surface area contributed by atoms with Gasteiger partial charge >= 0.3 is 59.1 Å². The van der Waals surface area contributed by atoms with Crippen LogP contribution < -0.4 is 69.5 Å². The maximum absolute atomic E-state index is 12.2. The van der Waals surface area contributed by atoms with Crippen LogP contribution in [0.2, 0.25) is 0 Å². The monoisotopic (exact) mass is 830 g/mol. The molecule has 0 amide bonds. The zero-order chi connectivity index (χ0) is 42.4. The van der Waals surface area contributed by atoms with E-state index in [0.29, 0.717) is 24.9 Å². The molecule has 0 saturated heterocycles. The molecule has 12 heteroatoms. The Labute approximate surface area is 400 Å². The molecule has 6 aromatic carbocycles. The summed E-state index contributed by atoms with van der Waals surface area (Å²) < 4.78 is 0. The maximum atomic E-state index is 12.2. The number of hydrogen-bond donors (Lipinski definition) is 4. The Morgan fingerprint density at radius 3 is 1.15 bits per heavy atom. The fourth-order valence-corrected chi connectivity index (χ4v) is 6.74. The Kier molecular flexibility index (Phi) is 32.1. The van der Waals surface area contributed by atoms with Crippen LogP contribution >= 0.6 is 0 Å². The van der Waals surface area contributed by atoms with Crippen LogP contribution in [0.5, 0.6) is 0 Å². The fourth-order valence-electron chi connectivity index (χ4n) is 6.74. The van der Waals surface area contributed by atoms with E-state index in [9.17, 15) is 5.21 Å². The van der Waals surface area contributed by atoms with E-state index in [-0.39, 0.29) is 76.0 Å². The number of rotatable bonds is 15. The zero-order valence-corrected chi connectivity index (χ0v) is 39.9. The number of benzene rings is 6. The van der Waals surface area contributed by atoms with Gasteiger partial charge in [-0.2, -0.15) is 12.0 Å². The number of aliphatic hydroxyl groups excluding tert-OH is 1. The molecule has 0 aliphatic heterocycles. The van der Waals surface area contributed by atoms with E-state index in [1.54, 1.807) is 0 Å². The van der Waals surface area contributed by atoms with Crippen LogP contribution in [-0.2, 0) is 0 Å². The van der Waals surface area contributed by atoms with Crippen molar-refractivity contribution in [2.45, 2.75) is 50.6 Å². The van der Waals surface area contributed by atoms with E-state index in [1.807, 2.05) is 73.7 Å². The van der Waals surface area contributed by atoms with Crippen molar-refractivity contribution in [1.29, 1.82) is 5.59 Å². The summed E-state index contributed by atoms with van der Waals surface area (Å²) in [5.74, 6) is 0.572. The van der Waals surface area contributed by atoms with E-state index in [1.165, 1.54) is 32.8 Å². The number of aliphatic hydroxyl groups is 1. The van der Waals surface area contributed by atoms with Crippen LogP contribution in [-0.4, -0.2) is 47.6 Å². The van der Waals surface area contributed by atoms with E-state index in [2.05, 4.69) is 138 Å². The molecule has 60 heavy (non-hydrogen) atoms. The predicted octanol–water partition coefficient (Wildman–Crippen LogP) is 4.02. The summed E-state index contributed by atoms with van der Waals surface area (Å²) in [5.41, 5.74) is 12.0. The molecule has 6 aromatic rings. The second kappa shape index (κ2) is 34.5. The van der Waals surface area contributed by atoms with E-state index >= 15 is 0 Å². The zero-order valence-electron chi connectivity index (χ0n) is 35.9. The van der Waals surface area contributed by atoms with Crippen molar-refractivity contribution in [3.05, 3.63) is 225 Å². The van der Waals surface area contributed by atoms with Crippen molar-refractivity contribution in [1.82, 2.24) is 10.3 Å². The average Bonchev–Trinajstić information content (AvgIpc) is 3.32. The van der Waals surface area contributed by atoms with Gasteiger partial charge in [-0.3, -0.25) is 0 Å². The summed E-state index contributed by atoms with van der Waals surface area (Å²) in [5, 5.41) is 44.7. The number of hydrazine groups is 1. The van der Waals surface area contributed by atoms with Gasteiger partial charge in [0, 0.05) is 25.0 Å². The van der Waals surface area contributed by atoms with E-state index in [0.717, 1.165) is 32.7 Å². The quantitative estimate of drug-likeness (QED) is 0.0401. The standard InChI is InChI=1S/C23H25N3O2.C23H25N.CH4O.CH3O.HNO.2Na/c1-19(20-11-5-2-6-12-20)25(26(28)24-27)18-17-23(21-13-7-3-8-14-21)22-15-9-4-10-16-22;1-19(20-11-5-2-6-12-20)24-18-17-23(21-13-7-3-8-14-21)22-15-9-4-10-16-22;3*1-2;;/h2-16,19,23,27H,17-18H2,1H3;2-16,19,23-24H,17-18H2,1H3;2H,1H3;1H3;1H;;/q;;;-1;;2*+1. The maximum Gasteiger partial charge on any atom is 1.00 e. The van der Waals surface area contributed by atoms with Gasteiger partial charge in [-0.15, -0.1) is 5.01 Å². The summed E-state index contributed by atoms with van der Waals surface area (Å²) in [6, 6.07) is 62.7. The molecule has 0 bridgehead atoms. The first-order valence-electron chi connectivity index (χ1n) is 19.2. The molecule has 0 heterocycles. The topological polar surface area (TPSA) is 158 Å². The number of nitrogens with one attached hydrogen (secondary N) is 2.